The molecule has 0 heterocycles. The molecule has 0 fully saturated rings. The molecule has 0 unspecified atom stereocenters. The fourth-order valence-corrected chi connectivity index (χ4v) is 1.53. The van der Waals surface area contributed by atoms with Gasteiger partial charge in [-0.05, 0) is 16.3 Å². The highest BCUT2D eigenvalue weighted by molar-refractivity contribution is 5.85. The Labute approximate surface area is 82.8 Å². The van der Waals surface area contributed by atoms with Gasteiger partial charge in [0.15, 0.2) is 0 Å². The Hall–Kier alpha value is -1.83. The molecule has 0 atom stereocenters. The van der Waals surface area contributed by atoms with Gasteiger partial charge in [-0.1, -0.05) is 47.6 Å². The second-order valence-corrected chi connectivity index (χ2v) is 3.02. The first-order valence-corrected chi connectivity index (χ1v) is 4.40. The van der Waals surface area contributed by atoms with Crippen molar-refractivity contribution >= 4 is 17.5 Å². The van der Waals surface area contributed by atoms with E-state index >= 15 is 0 Å². The van der Waals surface area contributed by atoms with E-state index < -0.39 is 0 Å². The molecule has 0 saturated carbocycles. The third-order valence-corrected chi connectivity index (χ3v) is 2.17. The van der Waals surface area contributed by atoms with Crippen molar-refractivity contribution in [3.63, 3.8) is 0 Å². The predicted octanol–water partition coefficient (Wildman–Crippen LogP) is 2.85. The molecule has 0 aliphatic heterocycles. The molecule has 0 aliphatic carbocycles. The Balaban J connectivity index is 2.48. The summed E-state index contributed by atoms with van der Waals surface area (Å²) in [5.41, 5.74) is 1.09. The van der Waals surface area contributed by atoms with E-state index in [9.17, 15) is 0 Å². The van der Waals surface area contributed by atoms with Crippen LogP contribution in [0, 0.1) is 0 Å². The average molecular weight is 184 g/mol. The molecule has 0 saturated heterocycles. The van der Waals surface area contributed by atoms with Gasteiger partial charge in [-0.3, -0.25) is 0 Å². The Morgan fingerprint density at radius 2 is 1.86 bits per heavy atom. The van der Waals surface area contributed by atoms with Crippen molar-refractivity contribution in [3.05, 3.63) is 48.0 Å². The van der Waals surface area contributed by atoms with Gasteiger partial charge in [0.1, 0.15) is 6.61 Å². The van der Waals surface area contributed by atoms with Gasteiger partial charge in [0.05, 0.1) is 6.72 Å². The van der Waals surface area contributed by atoms with Crippen LogP contribution in [0.4, 0.5) is 0 Å². The first-order valence-electron chi connectivity index (χ1n) is 4.40. The van der Waals surface area contributed by atoms with Gasteiger partial charge in [-0.25, -0.2) is 0 Å². The van der Waals surface area contributed by atoms with Gasteiger partial charge in [0.2, 0.25) is 0 Å². The number of rotatable bonds is 3. The number of nitrogens with zero attached hydrogens (tertiary/aromatic N) is 1. The normalized spacial score (nSPS) is 10.0. The molecule has 0 spiro atoms. The van der Waals surface area contributed by atoms with Gasteiger partial charge in [-0.2, -0.15) is 0 Å². The molecule has 2 rings (SSSR count). The first kappa shape index (κ1) is 8.75. The highest BCUT2D eigenvalue weighted by Crippen LogP contribution is 2.18. The maximum absolute atomic E-state index is 4.92. The van der Waals surface area contributed by atoms with Crippen LogP contribution < -0.4 is 0 Å². The van der Waals surface area contributed by atoms with E-state index in [0.29, 0.717) is 6.61 Å². The monoisotopic (exact) mass is 184 g/mol. The molecule has 0 aliphatic rings. The van der Waals surface area contributed by atoms with Crippen LogP contribution in [0.5, 0.6) is 0 Å². The molecule has 14 heavy (non-hydrogen) atoms. The lowest BCUT2D eigenvalue weighted by molar-refractivity contribution is 0.134. The van der Waals surface area contributed by atoms with Crippen molar-refractivity contribution in [2.75, 3.05) is 0 Å². The minimum atomic E-state index is 0.415. The molecular weight excluding hydrogens is 174 g/mol. The van der Waals surface area contributed by atoms with Crippen molar-refractivity contribution in [2.24, 2.45) is 5.16 Å². The van der Waals surface area contributed by atoms with E-state index in [4.69, 9.17) is 11.6 Å². The van der Waals surface area contributed by atoms with Crippen LogP contribution in [0.15, 0.2) is 47.6 Å². The second-order valence-electron chi connectivity index (χ2n) is 3.02. The van der Waals surface area contributed by atoms with Crippen LogP contribution in [0.3, 0.4) is 0 Å². The summed E-state index contributed by atoms with van der Waals surface area (Å²) in [5, 5.41) is 5.52. The molecule has 1 radical (unpaired) electrons. The summed E-state index contributed by atoms with van der Waals surface area (Å²) in [6.45, 7) is 5.34. The van der Waals surface area contributed by atoms with Crippen LogP contribution in [0.25, 0.3) is 10.8 Å². The van der Waals surface area contributed by atoms with Crippen LogP contribution in [0.2, 0.25) is 0 Å². The topological polar surface area (TPSA) is 21.6 Å². The lowest BCUT2D eigenvalue weighted by Gasteiger charge is -2.04. The predicted molar refractivity (Wildman–Crippen MR) is 57.2 cm³/mol. The maximum Gasteiger partial charge on any atom is 0.142 e. The molecular formula is C12H10NO. The summed E-state index contributed by atoms with van der Waals surface area (Å²) in [7, 11) is 0. The van der Waals surface area contributed by atoms with Crippen LogP contribution in [0.1, 0.15) is 5.56 Å². The lowest BCUT2D eigenvalue weighted by atomic mass is 10.1. The van der Waals surface area contributed by atoms with Crippen molar-refractivity contribution < 1.29 is 4.84 Å². The summed E-state index contributed by atoms with van der Waals surface area (Å²) in [6, 6.07) is 14.2. The minimum Gasteiger partial charge on any atom is -0.391 e. The van der Waals surface area contributed by atoms with E-state index in [1.54, 1.807) is 0 Å². The maximum atomic E-state index is 4.92. The molecule has 2 aromatic rings. The lowest BCUT2D eigenvalue weighted by Crippen LogP contribution is -1.87. The summed E-state index contributed by atoms with van der Waals surface area (Å²) >= 11 is 0. The quantitative estimate of drug-likeness (QED) is 0.531. The van der Waals surface area contributed by atoms with E-state index in [-0.39, 0.29) is 0 Å². The number of hydrogen-bond acceptors (Lipinski definition) is 2. The van der Waals surface area contributed by atoms with E-state index in [0.717, 1.165) is 5.56 Å². The number of fused-ring (bicyclic) bond motifs is 1. The van der Waals surface area contributed by atoms with Crippen molar-refractivity contribution in [1.82, 2.24) is 0 Å². The third-order valence-electron chi connectivity index (χ3n) is 2.17. The Morgan fingerprint density at radius 3 is 2.71 bits per heavy atom. The van der Waals surface area contributed by atoms with E-state index in [1.165, 1.54) is 10.8 Å². The summed E-state index contributed by atoms with van der Waals surface area (Å²) in [6.07, 6.45) is 0. The van der Waals surface area contributed by atoms with Crippen LogP contribution in [-0.2, 0) is 11.4 Å². The molecule has 2 nitrogen and oxygen atoms in total. The van der Waals surface area contributed by atoms with Crippen molar-refractivity contribution in [3.8, 4) is 0 Å². The van der Waals surface area contributed by atoms with Gasteiger partial charge < -0.3 is 4.84 Å². The Morgan fingerprint density at radius 1 is 1.07 bits per heavy atom. The highest BCUT2D eigenvalue weighted by atomic mass is 16.6. The molecule has 0 N–H and O–H groups in total. The minimum absolute atomic E-state index is 0.415. The van der Waals surface area contributed by atoms with Crippen LogP contribution in [-0.4, -0.2) is 6.72 Å². The average Bonchev–Trinajstić information content (AvgIpc) is 2.26. The van der Waals surface area contributed by atoms with Crippen molar-refractivity contribution in [1.29, 1.82) is 0 Å². The molecule has 0 aromatic heterocycles. The second kappa shape index (κ2) is 3.92. The standard InChI is InChI=1S/C12H10NO/c1-13-14-9-11-7-4-6-10-5-2-3-8-12(10)11/h1-8H,9H2. The fraction of sp³-hybridized carbons (Fsp3) is 0.0833. The Bertz CT molecular complexity index is 446. The zero-order valence-electron chi connectivity index (χ0n) is 7.68. The first-order chi connectivity index (χ1) is 6.92. The van der Waals surface area contributed by atoms with Gasteiger partial charge >= 0.3 is 0 Å². The number of hydrogen-bond donors (Lipinski definition) is 0. The van der Waals surface area contributed by atoms with Crippen molar-refractivity contribution in [2.45, 2.75) is 6.61 Å². The largest absolute Gasteiger partial charge is 0.391 e. The van der Waals surface area contributed by atoms with Gasteiger partial charge in [-0.15, -0.1) is 0 Å². The molecule has 0 amide bonds. The summed E-state index contributed by atoms with van der Waals surface area (Å²) < 4.78 is 0. The van der Waals surface area contributed by atoms with Crippen LogP contribution >= 0.6 is 0 Å². The third kappa shape index (κ3) is 1.59. The molecule has 2 aromatic carbocycles. The fourth-order valence-electron chi connectivity index (χ4n) is 1.53. The smallest absolute Gasteiger partial charge is 0.142 e. The van der Waals surface area contributed by atoms with Gasteiger partial charge in [0.25, 0.3) is 0 Å². The van der Waals surface area contributed by atoms with Gasteiger partial charge in [0, 0.05) is 0 Å². The highest BCUT2D eigenvalue weighted by Gasteiger charge is 1.99. The molecule has 2 heteroatoms. The van der Waals surface area contributed by atoms with E-state index in [2.05, 4.69) is 23.4 Å². The molecule has 0 bridgehead atoms. The zero-order chi connectivity index (χ0) is 9.80. The summed E-state index contributed by atoms with van der Waals surface area (Å²) in [4.78, 5) is 4.83. The summed E-state index contributed by atoms with van der Waals surface area (Å²) in [5.74, 6) is 0. The Kier molecular flexibility index (Phi) is 2.45. The zero-order valence-corrected chi connectivity index (χ0v) is 7.68. The number of benzene rings is 2. The SMILES string of the molecule is [CH]=NOCc1cccc2ccccc12. The van der Waals surface area contributed by atoms with E-state index in [1.807, 2.05) is 24.3 Å². The molecule has 69 valence electrons.